The molecule has 29 heavy (non-hydrogen) atoms. The fourth-order valence-corrected chi connectivity index (χ4v) is 4.56. The summed E-state index contributed by atoms with van der Waals surface area (Å²) in [6, 6.07) is 13.1. The maximum absolute atomic E-state index is 5.96. The van der Waals surface area contributed by atoms with E-state index in [0.717, 1.165) is 22.0 Å². The minimum atomic E-state index is 0.636. The van der Waals surface area contributed by atoms with Gasteiger partial charge in [-0.1, -0.05) is 29.4 Å². The van der Waals surface area contributed by atoms with Gasteiger partial charge in [0.15, 0.2) is 11.5 Å². The molecule has 0 unspecified atom stereocenters. The summed E-state index contributed by atoms with van der Waals surface area (Å²) >= 11 is 9.03. The van der Waals surface area contributed by atoms with Crippen molar-refractivity contribution < 1.29 is 9.47 Å². The van der Waals surface area contributed by atoms with E-state index in [1.807, 2.05) is 35.7 Å². The SMILES string of the molecule is COc1cccc(-c2nc(CSc3nnnn3-c3ccc(Cl)cc3)cs2)c1OC. The molecule has 4 rings (SSSR count). The smallest absolute Gasteiger partial charge is 0.214 e. The maximum atomic E-state index is 5.96. The highest BCUT2D eigenvalue weighted by Crippen LogP contribution is 2.39. The molecule has 148 valence electrons. The number of halogens is 1. The van der Waals surface area contributed by atoms with E-state index in [4.69, 9.17) is 26.1 Å². The normalized spacial score (nSPS) is 10.9. The number of ether oxygens (including phenoxy) is 2. The number of para-hydroxylation sites is 1. The van der Waals surface area contributed by atoms with Crippen molar-refractivity contribution >= 4 is 34.7 Å². The second-order valence-electron chi connectivity index (χ2n) is 5.82. The van der Waals surface area contributed by atoms with Gasteiger partial charge in [-0.05, 0) is 46.8 Å². The molecule has 0 aliphatic heterocycles. The molecular weight excluding hydrogens is 430 g/mol. The zero-order chi connectivity index (χ0) is 20.2. The Labute approximate surface area is 180 Å². The van der Waals surface area contributed by atoms with Crippen LogP contribution >= 0.6 is 34.7 Å². The Bertz CT molecular complexity index is 1110. The van der Waals surface area contributed by atoms with Crippen LogP contribution in [0.5, 0.6) is 11.5 Å². The Morgan fingerprint density at radius 3 is 2.69 bits per heavy atom. The average molecular weight is 446 g/mol. The number of thioether (sulfide) groups is 1. The predicted molar refractivity (Wildman–Crippen MR) is 114 cm³/mol. The molecule has 0 amide bonds. The van der Waals surface area contributed by atoms with Crippen molar-refractivity contribution in [2.45, 2.75) is 10.9 Å². The van der Waals surface area contributed by atoms with E-state index in [9.17, 15) is 0 Å². The molecule has 0 saturated heterocycles. The fourth-order valence-electron chi connectivity index (χ4n) is 2.70. The van der Waals surface area contributed by atoms with Gasteiger partial charge in [0.05, 0.1) is 31.2 Å². The van der Waals surface area contributed by atoms with Gasteiger partial charge in [0.1, 0.15) is 5.01 Å². The van der Waals surface area contributed by atoms with Crippen LogP contribution in [0.2, 0.25) is 5.02 Å². The standard InChI is InChI=1S/C19H16ClN5O2S2/c1-26-16-5-3-4-15(17(16)27-2)18-21-13(10-28-18)11-29-19-22-23-24-25(19)14-8-6-12(20)7-9-14/h3-10H,11H2,1-2H3. The molecule has 0 saturated carbocycles. The molecule has 0 aliphatic carbocycles. The van der Waals surface area contributed by atoms with Gasteiger partial charge in [0.2, 0.25) is 5.16 Å². The number of tetrazole rings is 1. The summed E-state index contributed by atoms with van der Waals surface area (Å²) in [5.41, 5.74) is 2.69. The maximum Gasteiger partial charge on any atom is 0.214 e. The summed E-state index contributed by atoms with van der Waals surface area (Å²) in [4.78, 5) is 4.74. The lowest BCUT2D eigenvalue weighted by atomic mass is 10.2. The van der Waals surface area contributed by atoms with Crippen LogP contribution in [0.4, 0.5) is 0 Å². The first-order valence-electron chi connectivity index (χ1n) is 8.52. The first-order chi connectivity index (χ1) is 14.2. The first kappa shape index (κ1) is 19.7. The van der Waals surface area contributed by atoms with Crippen LogP contribution in [0.25, 0.3) is 16.3 Å². The Balaban J connectivity index is 1.52. The Morgan fingerprint density at radius 2 is 1.93 bits per heavy atom. The third kappa shape index (κ3) is 4.21. The third-order valence-corrected chi connectivity index (χ3v) is 6.18. The number of methoxy groups -OCH3 is 2. The average Bonchev–Trinajstić information content (AvgIpc) is 3.41. The Kier molecular flexibility index (Phi) is 5.98. The molecule has 0 bridgehead atoms. The summed E-state index contributed by atoms with van der Waals surface area (Å²) in [6.07, 6.45) is 0. The van der Waals surface area contributed by atoms with Crippen LogP contribution in [-0.4, -0.2) is 39.4 Å². The molecule has 0 spiro atoms. The van der Waals surface area contributed by atoms with Crippen molar-refractivity contribution in [1.29, 1.82) is 0 Å². The molecule has 2 aromatic carbocycles. The predicted octanol–water partition coefficient (Wildman–Crippen LogP) is 4.75. The van der Waals surface area contributed by atoms with Crippen molar-refractivity contribution in [2.24, 2.45) is 0 Å². The monoisotopic (exact) mass is 445 g/mol. The molecule has 0 radical (unpaired) electrons. The zero-order valence-corrected chi connectivity index (χ0v) is 18.0. The fraction of sp³-hybridized carbons (Fsp3) is 0.158. The van der Waals surface area contributed by atoms with Crippen molar-refractivity contribution in [3.63, 3.8) is 0 Å². The van der Waals surface area contributed by atoms with Gasteiger partial charge >= 0.3 is 0 Å². The van der Waals surface area contributed by atoms with Gasteiger partial charge in [0.25, 0.3) is 0 Å². The number of thiazole rings is 1. The summed E-state index contributed by atoms with van der Waals surface area (Å²) in [5.74, 6) is 1.99. The van der Waals surface area contributed by atoms with E-state index in [-0.39, 0.29) is 0 Å². The van der Waals surface area contributed by atoms with E-state index in [2.05, 4.69) is 15.5 Å². The van der Waals surface area contributed by atoms with Crippen LogP contribution in [0.1, 0.15) is 5.69 Å². The van der Waals surface area contributed by atoms with E-state index in [0.29, 0.717) is 27.4 Å². The number of rotatable bonds is 7. The van der Waals surface area contributed by atoms with Crippen molar-refractivity contribution in [3.05, 3.63) is 58.6 Å². The van der Waals surface area contributed by atoms with Crippen LogP contribution in [0.15, 0.2) is 53.0 Å². The number of hydrogen-bond donors (Lipinski definition) is 0. The summed E-state index contributed by atoms with van der Waals surface area (Å²) in [6.45, 7) is 0. The molecule has 10 heteroatoms. The lowest BCUT2D eigenvalue weighted by Gasteiger charge is -2.10. The van der Waals surface area contributed by atoms with E-state index < -0.39 is 0 Å². The van der Waals surface area contributed by atoms with Gasteiger partial charge in [0, 0.05) is 16.2 Å². The van der Waals surface area contributed by atoms with Gasteiger partial charge in [-0.2, -0.15) is 4.68 Å². The summed E-state index contributed by atoms with van der Waals surface area (Å²) in [5, 5.41) is 16.2. The second kappa shape index (κ2) is 8.81. The lowest BCUT2D eigenvalue weighted by Crippen LogP contribution is -1.98. The molecule has 0 aliphatic rings. The minimum absolute atomic E-state index is 0.636. The highest BCUT2D eigenvalue weighted by Gasteiger charge is 2.15. The highest BCUT2D eigenvalue weighted by atomic mass is 35.5. The van der Waals surface area contributed by atoms with E-state index >= 15 is 0 Å². The number of aromatic nitrogens is 5. The molecule has 2 aromatic heterocycles. The second-order valence-corrected chi connectivity index (χ2v) is 8.06. The van der Waals surface area contributed by atoms with E-state index in [1.54, 1.807) is 42.4 Å². The van der Waals surface area contributed by atoms with Gasteiger partial charge < -0.3 is 9.47 Å². The molecular formula is C19H16ClN5O2S2. The molecule has 0 atom stereocenters. The molecule has 7 nitrogen and oxygen atoms in total. The van der Waals surface area contributed by atoms with Crippen molar-refractivity contribution in [3.8, 4) is 27.8 Å². The zero-order valence-electron chi connectivity index (χ0n) is 15.6. The first-order valence-corrected chi connectivity index (χ1v) is 10.8. The van der Waals surface area contributed by atoms with Gasteiger partial charge in [-0.15, -0.1) is 16.4 Å². The number of benzene rings is 2. The minimum Gasteiger partial charge on any atom is -0.493 e. The van der Waals surface area contributed by atoms with Gasteiger partial charge in [-0.25, -0.2) is 4.98 Å². The summed E-state index contributed by atoms with van der Waals surface area (Å²) < 4.78 is 12.6. The van der Waals surface area contributed by atoms with E-state index in [1.165, 1.54) is 11.8 Å². The topological polar surface area (TPSA) is 75.0 Å². The third-order valence-electron chi connectivity index (χ3n) is 4.05. The molecule has 0 fully saturated rings. The highest BCUT2D eigenvalue weighted by molar-refractivity contribution is 7.98. The summed E-state index contributed by atoms with van der Waals surface area (Å²) in [7, 11) is 3.25. The lowest BCUT2D eigenvalue weighted by molar-refractivity contribution is 0.356. The number of nitrogens with zero attached hydrogens (tertiary/aromatic N) is 5. The van der Waals surface area contributed by atoms with Crippen molar-refractivity contribution in [1.82, 2.24) is 25.2 Å². The van der Waals surface area contributed by atoms with Gasteiger partial charge in [-0.3, -0.25) is 0 Å². The largest absolute Gasteiger partial charge is 0.493 e. The quantitative estimate of drug-likeness (QED) is 0.380. The Hall–Kier alpha value is -2.62. The number of hydrogen-bond acceptors (Lipinski definition) is 8. The molecule has 2 heterocycles. The van der Waals surface area contributed by atoms with Crippen LogP contribution in [0.3, 0.4) is 0 Å². The van der Waals surface area contributed by atoms with Crippen LogP contribution in [-0.2, 0) is 5.75 Å². The van der Waals surface area contributed by atoms with Crippen LogP contribution < -0.4 is 9.47 Å². The van der Waals surface area contributed by atoms with Crippen LogP contribution in [0, 0.1) is 0 Å². The van der Waals surface area contributed by atoms with Crippen molar-refractivity contribution in [2.75, 3.05) is 14.2 Å². The molecule has 4 aromatic rings. The Morgan fingerprint density at radius 1 is 1.10 bits per heavy atom. The molecule has 0 N–H and O–H groups in total.